The van der Waals surface area contributed by atoms with E-state index in [1.54, 1.807) is 41.5 Å². The largest absolute Gasteiger partial charge is 0.339 e. The number of nitrogens with zero attached hydrogens (tertiary/aromatic N) is 4. The van der Waals surface area contributed by atoms with Gasteiger partial charge in [0.1, 0.15) is 17.6 Å². The first kappa shape index (κ1) is 25.0. The molecule has 5 rings (SSSR count). The van der Waals surface area contributed by atoms with Gasteiger partial charge in [0.25, 0.3) is 5.91 Å². The lowest BCUT2D eigenvalue weighted by Gasteiger charge is -2.27. The molecule has 3 heterocycles. The summed E-state index contributed by atoms with van der Waals surface area (Å²) in [6.07, 6.45) is 9.84. The van der Waals surface area contributed by atoms with E-state index >= 15 is 4.39 Å². The molecule has 2 aliphatic rings. The van der Waals surface area contributed by atoms with Crippen molar-refractivity contribution >= 4 is 17.6 Å². The molecule has 8 nitrogen and oxygen atoms in total. The minimum atomic E-state index is -0.738. The van der Waals surface area contributed by atoms with Gasteiger partial charge >= 0.3 is 0 Å². The van der Waals surface area contributed by atoms with Gasteiger partial charge in [-0.3, -0.25) is 19.3 Å². The molecule has 194 valence electrons. The lowest BCUT2D eigenvalue weighted by atomic mass is 9.88. The van der Waals surface area contributed by atoms with Crippen molar-refractivity contribution in [1.82, 2.24) is 25.1 Å². The lowest BCUT2D eigenvalue weighted by molar-refractivity contribution is -0.119. The van der Waals surface area contributed by atoms with Gasteiger partial charge in [0.05, 0.1) is 0 Å². The van der Waals surface area contributed by atoms with E-state index < -0.39 is 12.0 Å². The van der Waals surface area contributed by atoms with Crippen LogP contribution in [-0.2, 0) is 11.2 Å². The molecule has 2 amide bonds. The number of pyridine rings is 2. The van der Waals surface area contributed by atoms with E-state index in [-0.39, 0.29) is 29.6 Å². The molecule has 0 bridgehead atoms. The summed E-state index contributed by atoms with van der Waals surface area (Å²) < 4.78 is 16.7. The number of aromatic nitrogens is 4. The van der Waals surface area contributed by atoms with E-state index in [1.165, 1.54) is 0 Å². The zero-order valence-electron chi connectivity index (χ0n) is 21.4. The molecule has 2 saturated carbocycles. The first-order chi connectivity index (χ1) is 17.9. The number of halogens is 1. The summed E-state index contributed by atoms with van der Waals surface area (Å²) in [6, 6.07) is 5.99. The maximum Gasteiger partial charge on any atom is 0.270 e. The Balaban J connectivity index is 1.38. The fraction of sp³-hybridized carbons (Fsp3) is 0.464. The standard InChI is InChI=1S/C28H33FN6O2/c1-4-17-11-13-30-15-21(17)20-9-10-23(32-26(20)29)33-28(37)25(24(18-5-6-18)19-7-8-19)34-27(36)22-12-14-31-35(22)16(2)3/h9-16,18-19,24-25H,4-8H2,1-3H3,(H,34,36)(H,32,33,37)/t25-/m0/s1. The van der Waals surface area contributed by atoms with Crippen molar-refractivity contribution in [2.24, 2.45) is 17.8 Å². The highest BCUT2D eigenvalue weighted by Crippen LogP contribution is 2.51. The van der Waals surface area contributed by atoms with Crippen LogP contribution in [0.5, 0.6) is 0 Å². The average Bonchev–Trinajstić information content (AvgIpc) is 3.83. The zero-order valence-corrected chi connectivity index (χ0v) is 21.4. The monoisotopic (exact) mass is 504 g/mol. The second-order valence-electron chi connectivity index (χ2n) is 10.4. The molecule has 1 atom stereocenters. The predicted molar refractivity (Wildman–Crippen MR) is 138 cm³/mol. The lowest BCUT2D eigenvalue weighted by Crippen LogP contribution is -2.50. The molecule has 3 aromatic heterocycles. The Morgan fingerprint density at radius 3 is 2.41 bits per heavy atom. The van der Waals surface area contributed by atoms with Gasteiger partial charge < -0.3 is 10.6 Å². The Labute approximate surface area is 216 Å². The molecule has 2 N–H and O–H groups in total. The summed E-state index contributed by atoms with van der Waals surface area (Å²) in [5.74, 6) is -0.412. The van der Waals surface area contributed by atoms with Gasteiger partial charge in [-0.15, -0.1) is 0 Å². The minimum absolute atomic E-state index is 0.00409. The van der Waals surface area contributed by atoms with Crippen LogP contribution in [0.3, 0.4) is 0 Å². The molecule has 2 fully saturated rings. The molecule has 0 spiro atoms. The quantitative estimate of drug-likeness (QED) is 0.387. The average molecular weight is 505 g/mol. The number of amides is 2. The second-order valence-corrected chi connectivity index (χ2v) is 10.4. The maximum absolute atomic E-state index is 15.1. The number of nitrogens with one attached hydrogen (secondary N) is 2. The Bertz CT molecular complexity index is 1290. The first-order valence-corrected chi connectivity index (χ1v) is 13.1. The maximum atomic E-state index is 15.1. The van der Waals surface area contributed by atoms with Crippen molar-refractivity contribution in [3.05, 3.63) is 60.1 Å². The Hall–Kier alpha value is -3.62. The number of hydrogen-bond acceptors (Lipinski definition) is 5. The van der Waals surface area contributed by atoms with Gasteiger partial charge in [-0.25, -0.2) is 4.98 Å². The summed E-state index contributed by atoms with van der Waals surface area (Å²) in [6.45, 7) is 5.89. The first-order valence-electron chi connectivity index (χ1n) is 13.1. The van der Waals surface area contributed by atoms with E-state index in [9.17, 15) is 9.59 Å². The van der Waals surface area contributed by atoms with Crippen LogP contribution in [0.4, 0.5) is 10.2 Å². The second kappa shape index (κ2) is 10.4. The van der Waals surface area contributed by atoms with Crippen LogP contribution in [-0.4, -0.2) is 37.6 Å². The Morgan fingerprint density at radius 2 is 1.78 bits per heavy atom. The summed E-state index contributed by atoms with van der Waals surface area (Å²) >= 11 is 0. The fourth-order valence-electron chi connectivity index (χ4n) is 5.23. The van der Waals surface area contributed by atoms with Crippen LogP contribution < -0.4 is 10.6 Å². The number of carbonyl (C=O) groups excluding carboxylic acids is 2. The molecule has 3 aromatic rings. The van der Waals surface area contributed by atoms with Crippen LogP contribution >= 0.6 is 0 Å². The van der Waals surface area contributed by atoms with Crippen molar-refractivity contribution in [3.8, 4) is 11.1 Å². The molecular formula is C28H33FN6O2. The third-order valence-corrected chi connectivity index (χ3v) is 7.36. The van der Waals surface area contributed by atoms with Crippen LogP contribution in [0.25, 0.3) is 11.1 Å². The zero-order chi connectivity index (χ0) is 26.1. The number of aryl methyl sites for hydroxylation is 1. The highest BCUT2D eigenvalue weighted by atomic mass is 19.1. The minimum Gasteiger partial charge on any atom is -0.339 e. The fourth-order valence-corrected chi connectivity index (χ4v) is 5.23. The van der Waals surface area contributed by atoms with Crippen LogP contribution in [0, 0.1) is 23.7 Å². The van der Waals surface area contributed by atoms with Gasteiger partial charge in [0.15, 0.2) is 0 Å². The van der Waals surface area contributed by atoms with Gasteiger partial charge in [-0.2, -0.15) is 9.49 Å². The number of hydrogen-bond donors (Lipinski definition) is 2. The van der Waals surface area contributed by atoms with Crippen molar-refractivity contribution in [1.29, 1.82) is 0 Å². The van der Waals surface area contributed by atoms with Gasteiger partial charge in [0, 0.05) is 35.8 Å². The third kappa shape index (κ3) is 5.40. The third-order valence-electron chi connectivity index (χ3n) is 7.36. The summed E-state index contributed by atoms with van der Waals surface area (Å²) in [7, 11) is 0. The Morgan fingerprint density at radius 1 is 1.05 bits per heavy atom. The molecule has 9 heteroatoms. The number of anilines is 1. The van der Waals surface area contributed by atoms with E-state index in [1.807, 2.05) is 26.8 Å². The number of rotatable bonds is 10. The van der Waals surface area contributed by atoms with E-state index in [4.69, 9.17) is 0 Å². The van der Waals surface area contributed by atoms with Gasteiger partial charge in [-0.1, -0.05) is 6.92 Å². The van der Waals surface area contributed by atoms with Crippen LogP contribution in [0.1, 0.15) is 68.5 Å². The van der Waals surface area contributed by atoms with Crippen molar-refractivity contribution in [2.75, 3.05) is 5.32 Å². The predicted octanol–water partition coefficient (Wildman–Crippen LogP) is 4.80. The Kier molecular flexibility index (Phi) is 7.04. The highest BCUT2D eigenvalue weighted by molar-refractivity contribution is 6.00. The van der Waals surface area contributed by atoms with Crippen LogP contribution in [0.15, 0.2) is 42.9 Å². The molecular weight excluding hydrogens is 471 g/mol. The molecule has 0 radical (unpaired) electrons. The SMILES string of the molecule is CCc1ccncc1-c1ccc(NC(=O)[C@@H](NC(=O)c2ccnn2C(C)C)C(C2CC2)C2CC2)nc1F. The molecule has 2 aliphatic carbocycles. The van der Waals surface area contributed by atoms with Crippen molar-refractivity contribution < 1.29 is 14.0 Å². The summed E-state index contributed by atoms with van der Waals surface area (Å²) in [4.78, 5) is 35.0. The normalized spacial score (nSPS) is 16.2. The number of carbonyl (C=O) groups is 2. The molecule has 0 aliphatic heterocycles. The van der Waals surface area contributed by atoms with Crippen LogP contribution in [0.2, 0.25) is 0 Å². The molecule has 0 aromatic carbocycles. The van der Waals surface area contributed by atoms with E-state index in [2.05, 4.69) is 25.7 Å². The summed E-state index contributed by atoms with van der Waals surface area (Å²) in [5, 5.41) is 10.0. The molecule has 0 unspecified atom stereocenters. The van der Waals surface area contributed by atoms with Gasteiger partial charge in [0.2, 0.25) is 11.9 Å². The topological polar surface area (TPSA) is 102 Å². The summed E-state index contributed by atoms with van der Waals surface area (Å²) in [5.41, 5.74) is 2.40. The van der Waals surface area contributed by atoms with E-state index in [0.29, 0.717) is 28.7 Å². The molecule has 37 heavy (non-hydrogen) atoms. The van der Waals surface area contributed by atoms with Crippen molar-refractivity contribution in [3.63, 3.8) is 0 Å². The smallest absolute Gasteiger partial charge is 0.270 e. The molecule has 0 saturated heterocycles. The van der Waals surface area contributed by atoms with E-state index in [0.717, 1.165) is 37.7 Å². The van der Waals surface area contributed by atoms with Gasteiger partial charge in [-0.05, 0) is 93.5 Å². The van der Waals surface area contributed by atoms with Crippen molar-refractivity contribution in [2.45, 2.75) is 65.0 Å². The highest BCUT2D eigenvalue weighted by Gasteiger charge is 2.48.